The molecule has 52 heavy (non-hydrogen) atoms. The highest BCUT2D eigenvalue weighted by Crippen LogP contribution is 2.67. The molecule has 11 rings (SSSR count). The third-order valence-corrected chi connectivity index (χ3v) is 18.7. The molecule has 7 atom stereocenters. The predicted octanol–water partition coefficient (Wildman–Crippen LogP) is 10.2. The molecule has 0 aliphatic heterocycles. The van der Waals surface area contributed by atoms with Crippen molar-refractivity contribution < 1.29 is 24.5 Å². The Morgan fingerprint density at radius 1 is 0.731 bits per heavy atom. The molecule has 0 aromatic heterocycles. The van der Waals surface area contributed by atoms with Crippen molar-refractivity contribution in [1.82, 2.24) is 0 Å². The second-order valence-corrected chi connectivity index (χ2v) is 23.1. The van der Waals surface area contributed by atoms with Crippen LogP contribution in [0.5, 0.6) is 0 Å². The zero-order chi connectivity index (χ0) is 36.3. The highest BCUT2D eigenvalue weighted by Gasteiger charge is 2.62. The second-order valence-electron chi connectivity index (χ2n) is 23.1. The number of aliphatic hydroxyl groups is 2. The van der Waals surface area contributed by atoms with Gasteiger partial charge in [0.2, 0.25) is 0 Å². The van der Waals surface area contributed by atoms with Crippen molar-refractivity contribution in [3.8, 4) is 0 Å². The van der Waals surface area contributed by atoms with E-state index in [9.17, 15) is 19.8 Å². The van der Waals surface area contributed by atoms with Gasteiger partial charge in [0.05, 0.1) is 16.6 Å². The average molecular weight is 719 g/mol. The summed E-state index contributed by atoms with van der Waals surface area (Å²) in [6, 6.07) is 0. The van der Waals surface area contributed by atoms with Gasteiger partial charge in [0, 0.05) is 12.3 Å². The minimum absolute atomic E-state index is 0.0206. The molecule has 11 fully saturated rings. The lowest BCUT2D eigenvalue weighted by Crippen LogP contribution is -2.60. The molecule has 11 aliphatic carbocycles. The Morgan fingerprint density at radius 3 is 1.92 bits per heavy atom. The summed E-state index contributed by atoms with van der Waals surface area (Å²) in [7, 11) is 0. The molecule has 5 heteroatoms. The van der Waals surface area contributed by atoms with Gasteiger partial charge in [0.1, 0.15) is 11.4 Å². The molecule has 0 heterocycles. The quantitative estimate of drug-likeness (QED) is 0.232. The SMILES string of the molecule is CC1CC(CC2CC(CCC(C)(C)C(=O)OC3(C)C4CC5CC(C4)CC3C5)CC(O)(C3CCCCC3=O)C2)CC(O)(C23CC4CC(CC(C4)C2)C3)C1. The first-order chi connectivity index (χ1) is 24.6. The smallest absolute Gasteiger partial charge is 0.312 e. The molecular weight excluding hydrogens is 645 g/mol. The molecule has 7 unspecified atom stereocenters. The Balaban J connectivity index is 0.892. The number of esters is 1. The van der Waals surface area contributed by atoms with E-state index in [-0.39, 0.29) is 28.7 Å². The molecule has 11 saturated carbocycles. The van der Waals surface area contributed by atoms with Crippen molar-refractivity contribution in [1.29, 1.82) is 0 Å². The Bertz CT molecular complexity index is 1320. The molecule has 0 aromatic carbocycles. The summed E-state index contributed by atoms with van der Waals surface area (Å²) < 4.78 is 6.65. The van der Waals surface area contributed by atoms with Gasteiger partial charge in [0.25, 0.3) is 0 Å². The first kappa shape index (κ1) is 36.7. The van der Waals surface area contributed by atoms with Gasteiger partial charge < -0.3 is 14.9 Å². The molecule has 0 amide bonds. The Labute approximate surface area is 315 Å². The van der Waals surface area contributed by atoms with Crippen LogP contribution in [-0.4, -0.2) is 38.8 Å². The topological polar surface area (TPSA) is 83.8 Å². The summed E-state index contributed by atoms with van der Waals surface area (Å²) in [6.45, 7) is 8.85. The molecular formula is C47H74O5. The normalized spacial score (nSPS) is 52.6. The van der Waals surface area contributed by atoms with Crippen molar-refractivity contribution in [2.75, 3.05) is 0 Å². The van der Waals surface area contributed by atoms with Gasteiger partial charge in [-0.15, -0.1) is 0 Å². The fraction of sp³-hybridized carbons (Fsp3) is 0.957. The van der Waals surface area contributed by atoms with E-state index in [0.29, 0.717) is 48.3 Å². The van der Waals surface area contributed by atoms with Crippen LogP contribution in [-0.2, 0) is 14.3 Å². The fourth-order valence-corrected chi connectivity index (χ4v) is 16.9. The highest BCUT2D eigenvalue weighted by molar-refractivity contribution is 5.82. The Hall–Kier alpha value is -0.940. The largest absolute Gasteiger partial charge is 0.458 e. The Morgan fingerprint density at radius 2 is 1.31 bits per heavy atom. The van der Waals surface area contributed by atoms with Gasteiger partial charge >= 0.3 is 5.97 Å². The maximum absolute atomic E-state index is 14.1. The van der Waals surface area contributed by atoms with Crippen molar-refractivity contribution in [2.45, 2.75) is 199 Å². The van der Waals surface area contributed by atoms with E-state index < -0.39 is 16.6 Å². The Kier molecular flexibility index (Phi) is 9.21. The zero-order valence-corrected chi connectivity index (χ0v) is 33.5. The van der Waals surface area contributed by atoms with Crippen LogP contribution in [0.1, 0.15) is 182 Å². The van der Waals surface area contributed by atoms with Gasteiger partial charge in [-0.3, -0.25) is 9.59 Å². The van der Waals surface area contributed by atoms with Crippen LogP contribution in [0.15, 0.2) is 0 Å². The number of carbonyl (C=O) groups excluding carboxylic acids is 2. The minimum atomic E-state index is -0.944. The standard InChI is InChI=1S/C47H74O5/c1-29-11-33(28-47(51,22-29)45-23-34-15-35(24-45)17-36(16-34)25-45)14-37-12-30(26-46(50,27-37)40-7-5-6-8-41(40)48)9-10-43(2,3)42(49)52-44(4)38-18-31-13-32(20-38)21-39(44)19-31/h29-40,50-51H,5-28H2,1-4H3. The van der Waals surface area contributed by atoms with Crippen LogP contribution in [0.4, 0.5) is 0 Å². The summed E-state index contributed by atoms with van der Waals surface area (Å²) >= 11 is 0. The van der Waals surface area contributed by atoms with E-state index in [1.165, 1.54) is 77.0 Å². The molecule has 0 saturated heterocycles. The lowest BCUT2D eigenvalue weighted by Gasteiger charge is -2.64. The number of ketones is 1. The van der Waals surface area contributed by atoms with Gasteiger partial charge in [-0.2, -0.15) is 0 Å². The van der Waals surface area contributed by atoms with Gasteiger partial charge in [-0.05, 0) is 233 Å². The molecule has 5 nitrogen and oxygen atoms in total. The van der Waals surface area contributed by atoms with E-state index in [4.69, 9.17) is 4.74 Å². The van der Waals surface area contributed by atoms with E-state index in [1.807, 2.05) is 0 Å². The minimum Gasteiger partial charge on any atom is -0.458 e. The van der Waals surface area contributed by atoms with Gasteiger partial charge in [-0.1, -0.05) is 13.3 Å². The number of Topliss-reactive ketones (excluding diaryl/α,β-unsaturated/α-hetero) is 1. The van der Waals surface area contributed by atoms with E-state index in [1.54, 1.807) is 0 Å². The lowest BCUT2D eigenvalue weighted by atomic mass is 9.43. The van der Waals surface area contributed by atoms with Crippen LogP contribution in [0.3, 0.4) is 0 Å². The fourth-order valence-electron chi connectivity index (χ4n) is 16.9. The number of hydrogen-bond acceptors (Lipinski definition) is 5. The first-order valence-electron chi connectivity index (χ1n) is 22.8. The third-order valence-electron chi connectivity index (χ3n) is 18.7. The summed E-state index contributed by atoms with van der Waals surface area (Å²) in [5.41, 5.74) is -2.24. The van der Waals surface area contributed by atoms with E-state index in [0.717, 1.165) is 93.8 Å². The summed E-state index contributed by atoms with van der Waals surface area (Å²) in [4.78, 5) is 27.5. The van der Waals surface area contributed by atoms with Crippen molar-refractivity contribution >= 4 is 11.8 Å². The van der Waals surface area contributed by atoms with Crippen LogP contribution in [0, 0.1) is 81.8 Å². The molecule has 11 aliphatic rings. The summed E-state index contributed by atoms with van der Waals surface area (Å²) in [5, 5.41) is 25.4. The first-order valence-corrected chi connectivity index (χ1v) is 22.8. The number of hydrogen-bond donors (Lipinski definition) is 2. The number of carbonyl (C=O) groups is 2. The molecule has 2 N–H and O–H groups in total. The van der Waals surface area contributed by atoms with E-state index >= 15 is 0 Å². The van der Waals surface area contributed by atoms with Crippen molar-refractivity contribution in [3.05, 3.63) is 0 Å². The van der Waals surface area contributed by atoms with Crippen molar-refractivity contribution in [2.24, 2.45) is 81.8 Å². The maximum atomic E-state index is 14.1. The van der Waals surface area contributed by atoms with Gasteiger partial charge in [0.15, 0.2) is 0 Å². The predicted molar refractivity (Wildman–Crippen MR) is 204 cm³/mol. The monoisotopic (exact) mass is 719 g/mol. The van der Waals surface area contributed by atoms with Crippen LogP contribution in [0.2, 0.25) is 0 Å². The van der Waals surface area contributed by atoms with Gasteiger partial charge in [-0.25, -0.2) is 0 Å². The van der Waals surface area contributed by atoms with Crippen LogP contribution in [0.25, 0.3) is 0 Å². The third kappa shape index (κ3) is 6.40. The second kappa shape index (κ2) is 13.1. The molecule has 0 radical (unpaired) electrons. The number of rotatable bonds is 9. The molecule has 0 aromatic rings. The van der Waals surface area contributed by atoms with Crippen molar-refractivity contribution in [3.63, 3.8) is 0 Å². The molecule has 292 valence electrons. The number of ether oxygens (including phenoxy) is 1. The highest BCUT2D eigenvalue weighted by atomic mass is 16.6. The zero-order valence-electron chi connectivity index (χ0n) is 33.5. The lowest BCUT2D eigenvalue weighted by molar-refractivity contribution is -0.211. The summed E-state index contributed by atoms with van der Waals surface area (Å²) in [5.74, 6) is 6.93. The van der Waals surface area contributed by atoms with E-state index in [2.05, 4.69) is 27.7 Å². The van der Waals surface area contributed by atoms with Crippen LogP contribution < -0.4 is 0 Å². The molecule has 0 spiro atoms. The molecule has 8 bridgehead atoms. The summed E-state index contributed by atoms with van der Waals surface area (Å²) in [6.07, 6.45) is 26.0. The average Bonchev–Trinajstić information content (AvgIpc) is 3.05. The van der Waals surface area contributed by atoms with Crippen LogP contribution >= 0.6 is 0 Å². The maximum Gasteiger partial charge on any atom is 0.312 e.